The van der Waals surface area contributed by atoms with E-state index < -0.39 is 0 Å². The maximum absolute atomic E-state index is 4.34. The summed E-state index contributed by atoms with van der Waals surface area (Å²) < 4.78 is 0. The van der Waals surface area contributed by atoms with Gasteiger partial charge in [0.05, 0.1) is 0 Å². The van der Waals surface area contributed by atoms with Gasteiger partial charge in [-0.25, -0.2) is 9.97 Å². The summed E-state index contributed by atoms with van der Waals surface area (Å²) in [6.07, 6.45) is 1.43. The zero-order valence-corrected chi connectivity index (χ0v) is 7.60. The van der Waals surface area contributed by atoms with Gasteiger partial charge in [-0.05, 0) is 18.1 Å². The smallest absolute Gasteiger partial charge is 0.200 e. The Balaban J connectivity index is 2.62. The van der Waals surface area contributed by atoms with Crippen molar-refractivity contribution in [1.82, 2.24) is 20.2 Å². The van der Waals surface area contributed by atoms with Crippen molar-refractivity contribution in [3.05, 3.63) is 24.2 Å². The highest BCUT2D eigenvalue weighted by molar-refractivity contribution is 5.68. The molecule has 0 atom stereocenters. The highest BCUT2D eigenvalue weighted by atomic mass is 15.2. The second-order valence-electron chi connectivity index (χ2n) is 3.19. The average molecular weight is 174 g/mol. The van der Waals surface area contributed by atoms with Crippen molar-refractivity contribution in [2.24, 2.45) is 0 Å². The topological polar surface area (TPSA) is 51.6 Å². The van der Waals surface area contributed by atoms with E-state index in [2.05, 4.69) is 34.0 Å². The fraction of sp³-hybridized carbons (Fsp3) is 0.333. The van der Waals surface area contributed by atoms with Crippen molar-refractivity contribution >= 4 is 11.2 Å². The molecule has 0 unspecified atom stereocenters. The first kappa shape index (κ1) is 8.04. The van der Waals surface area contributed by atoms with Gasteiger partial charge >= 0.3 is 0 Å². The molecule has 0 bridgehead atoms. The Bertz CT molecular complexity index is 425. The van der Waals surface area contributed by atoms with Crippen LogP contribution in [0, 0.1) is 0 Å². The molecule has 66 valence electrons. The summed E-state index contributed by atoms with van der Waals surface area (Å²) in [6.45, 7) is 4.19. The third-order valence-corrected chi connectivity index (χ3v) is 1.87. The number of pyridine rings is 1. The lowest BCUT2D eigenvalue weighted by Gasteiger charge is -2.03. The largest absolute Gasteiger partial charge is 0.231 e. The van der Waals surface area contributed by atoms with Crippen molar-refractivity contribution in [3.63, 3.8) is 0 Å². The Hall–Kier alpha value is -1.58. The van der Waals surface area contributed by atoms with Crippen LogP contribution in [0.4, 0.5) is 0 Å². The Morgan fingerprint density at radius 1 is 1.23 bits per heavy atom. The zero-order valence-electron chi connectivity index (χ0n) is 7.60. The van der Waals surface area contributed by atoms with Gasteiger partial charge < -0.3 is 0 Å². The minimum absolute atomic E-state index is 0.409. The van der Waals surface area contributed by atoms with Crippen LogP contribution in [0.5, 0.6) is 0 Å². The van der Waals surface area contributed by atoms with E-state index in [1.165, 1.54) is 6.33 Å². The van der Waals surface area contributed by atoms with Crippen molar-refractivity contribution in [1.29, 1.82) is 0 Å². The van der Waals surface area contributed by atoms with E-state index in [-0.39, 0.29) is 0 Å². The number of rotatable bonds is 1. The minimum Gasteiger partial charge on any atom is -0.231 e. The number of fused-ring (bicyclic) bond motifs is 1. The van der Waals surface area contributed by atoms with Crippen LogP contribution >= 0.6 is 0 Å². The second-order valence-corrected chi connectivity index (χ2v) is 3.19. The van der Waals surface area contributed by atoms with E-state index in [1.807, 2.05) is 12.1 Å². The van der Waals surface area contributed by atoms with Gasteiger partial charge in [0.25, 0.3) is 0 Å². The highest BCUT2D eigenvalue weighted by Crippen LogP contribution is 2.13. The molecular weight excluding hydrogens is 164 g/mol. The lowest BCUT2D eigenvalue weighted by molar-refractivity contribution is 0.823. The highest BCUT2D eigenvalue weighted by Gasteiger charge is 2.03. The molecule has 2 rings (SSSR count). The van der Waals surface area contributed by atoms with Crippen LogP contribution in [0.2, 0.25) is 0 Å². The summed E-state index contributed by atoms with van der Waals surface area (Å²) in [6, 6.07) is 3.90. The fourth-order valence-electron chi connectivity index (χ4n) is 1.12. The molecule has 4 heteroatoms. The molecule has 13 heavy (non-hydrogen) atoms. The van der Waals surface area contributed by atoms with Gasteiger partial charge in [0.15, 0.2) is 0 Å². The number of nitrogens with zero attached hydrogens (tertiary/aromatic N) is 4. The normalized spacial score (nSPS) is 11.0. The molecule has 0 saturated heterocycles. The molecule has 0 N–H and O–H groups in total. The molecule has 0 aliphatic carbocycles. The van der Waals surface area contributed by atoms with Crippen molar-refractivity contribution in [2.45, 2.75) is 19.8 Å². The van der Waals surface area contributed by atoms with E-state index >= 15 is 0 Å². The molecular formula is C9H10N4. The molecule has 0 fully saturated rings. The molecule has 2 aromatic heterocycles. The Morgan fingerprint density at radius 2 is 2.08 bits per heavy atom. The number of hydrogen-bond acceptors (Lipinski definition) is 4. The van der Waals surface area contributed by atoms with E-state index in [1.54, 1.807) is 0 Å². The minimum atomic E-state index is 0.409. The van der Waals surface area contributed by atoms with Crippen molar-refractivity contribution < 1.29 is 0 Å². The molecule has 0 aromatic carbocycles. The Morgan fingerprint density at radius 3 is 2.85 bits per heavy atom. The van der Waals surface area contributed by atoms with Gasteiger partial charge in [-0.15, -0.1) is 10.2 Å². The van der Waals surface area contributed by atoms with Crippen LogP contribution in [0.1, 0.15) is 25.5 Å². The van der Waals surface area contributed by atoms with E-state index in [4.69, 9.17) is 0 Å². The van der Waals surface area contributed by atoms with E-state index in [0.29, 0.717) is 11.6 Å². The summed E-state index contributed by atoms with van der Waals surface area (Å²) in [5.74, 6) is 0.409. The quantitative estimate of drug-likeness (QED) is 0.658. The van der Waals surface area contributed by atoms with Crippen LogP contribution in [0.25, 0.3) is 11.2 Å². The third kappa shape index (κ3) is 1.47. The monoisotopic (exact) mass is 174 g/mol. The van der Waals surface area contributed by atoms with Crippen LogP contribution in [-0.2, 0) is 0 Å². The van der Waals surface area contributed by atoms with Crippen LogP contribution in [-0.4, -0.2) is 20.2 Å². The number of aromatic nitrogens is 4. The molecule has 0 saturated carbocycles. The van der Waals surface area contributed by atoms with E-state index in [0.717, 1.165) is 11.2 Å². The zero-order chi connectivity index (χ0) is 9.26. The standard InChI is InChI=1S/C9H10N4/c1-6(2)7-3-4-8-9(12-7)13-11-5-10-8/h3-6H,1-2H3. The predicted octanol–water partition coefficient (Wildman–Crippen LogP) is 1.54. The molecule has 0 aliphatic heterocycles. The summed E-state index contributed by atoms with van der Waals surface area (Å²) in [5.41, 5.74) is 2.43. The van der Waals surface area contributed by atoms with Gasteiger partial charge in [0, 0.05) is 5.69 Å². The fourth-order valence-corrected chi connectivity index (χ4v) is 1.12. The maximum atomic E-state index is 4.34. The molecule has 0 aliphatic rings. The molecule has 0 spiro atoms. The molecule has 0 amide bonds. The third-order valence-electron chi connectivity index (χ3n) is 1.87. The first-order valence-corrected chi connectivity index (χ1v) is 4.21. The van der Waals surface area contributed by atoms with Gasteiger partial charge in [-0.1, -0.05) is 13.8 Å². The summed E-state index contributed by atoms with van der Waals surface area (Å²) in [5, 5.41) is 7.59. The summed E-state index contributed by atoms with van der Waals surface area (Å²) in [7, 11) is 0. The maximum Gasteiger partial charge on any atom is 0.200 e. The Kier molecular flexibility index (Phi) is 1.88. The number of hydrogen-bond donors (Lipinski definition) is 0. The summed E-state index contributed by atoms with van der Waals surface area (Å²) in [4.78, 5) is 8.38. The lowest BCUT2D eigenvalue weighted by Crippen LogP contribution is -1.96. The SMILES string of the molecule is CC(C)c1ccc2ncnnc2n1. The van der Waals surface area contributed by atoms with Gasteiger partial charge in [0.2, 0.25) is 5.65 Å². The molecule has 4 nitrogen and oxygen atoms in total. The lowest BCUT2D eigenvalue weighted by atomic mass is 10.1. The first-order chi connectivity index (χ1) is 6.27. The van der Waals surface area contributed by atoms with E-state index in [9.17, 15) is 0 Å². The van der Waals surface area contributed by atoms with Crippen molar-refractivity contribution in [2.75, 3.05) is 0 Å². The van der Waals surface area contributed by atoms with Gasteiger partial charge in [0.1, 0.15) is 11.8 Å². The predicted molar refractivity (Wildman–Crippen MR) is 49.2 cm³/mol. The molecule has 2 heterocycles. The van der Waals surface area contributed by atoms with Crippen LogP contribution in [0.15, 0.2) is 18.5 Å². The van der Waals surface area contributed by atoms with Crippen LogP contribution in [0.3, 0.4) is 0 Å². The van der Waals surface area contributed by atoms with Gasteiger partial charge in [-0.2, -0.15) is 0 Å². The average Bonchev–Trinajstić information content (AvgIpc) is 2.17. The molecule has 0 radical (unpaired) electrons. The first-order valence-electron chi connectivity index (χ1n) is 4.21. The Labute approximate surface area is 76.1 Å². The summed E-state index contributed by atoms with van der Waals surface area (Å²) >= 11 is 0. The van der Waals surface area contributed by atoms with Crippen LogP contribution < -0.4 is 0 Å². The second kappa shape index (κ2) is 3.05. The van der Waals surface area contributed by atoms with Crippen molar-refractivity contribution in [3.8, 4) is 0 Å². The molecule has 2 aromatic rings. The van der Waals surface area contributed by atoms with Gasteiger partial charge in [-0.3, -0.25) is 0 Å².